The van der Waals surface area contributed by atoms with E-state index in [9.17, 15) is 0 Å². The van der Waals surface area contributed by atoms with Gasteiger partial charge in [0.2, 0.25) is 0 Å². The Kier molecular flexibility index (Phi) is 3.66. The lowest BCUT2D eigenvalue weighted by Gasteiger charge is -2.42. The maximum absolute atomic E-state index is 6.24. The summed E-state index contributed by atoms with van der Waals surface area (Å²) in [4.78, 5) is 0. The van der Waals surface area contributed by atoms with Crippen LogP contribution in [0.2, 0.25) is 0 Å². The molecule has 0 saturated heterocycles. The minimum absolute atomic E-state index is 1.98. The summed E-state index contributed by atoms with van der Waals surface area (Å²) >= 11 is 0. The Morgan fingerprint density at radius 1 is 0.727 bits per heavy atom. The molecule has 11 heavy (non-hydrogen) atoms. The highest BCUT2D eigenvalue weighted by Crippen LogP contribution is 2.03. The zero-order valence-corrected chi connectivity index (χ0v) is 9.42. The smallest absolute Gasteiger partial charge is 0.314 e. The van der Waals surface area contributed by atoms with E-state index in [4.69, 9.17) is 5.40 Å². The molecule has 0 aromatic rings. The minimum Gasteiger partial charge on any atom is -0.314 e. The Morgan fingerprint density at radius 2 is 0.909 bits per heavy atom. The predicted molar refractivity (Wildman–Crippen MR) is 51.0 cm³/mol. The van der Waals surface area contributed by atoms with Crippen LogP contribution >= 0.6 is 0 Å². The normalized spacial score (nSPS) is 13.6. The number of hydrogen-bond donors (Lipinski definition) is 1. The molecule has 68 valence electrons. The molecule has 0 aliphatic carbocycles. The van der Waals surface area contributed by atoms with Crippen molar-refractivity contribution in [2.75, 3.05) is 42.3 Å². The molecule has 0 spiro atoms. The van der Waals surface area contributed by atoms with Crippen molar-refractivity contribution in [3.63, 3.8) is 0 Å². The highest BCUT2D eigenvalue weighted by molar-refractivity contribution is 6.68. The van der Waals surface area contributed by atoms with Crippen molar-refractivity contribution < 1.29 is 0 Å². The summed E-state index contributed by atoms with van der Waals surface area (Å²) in [5.74, 6) is 0. The van der Waals surface area contributed by atoms with Gasteiger partial charge in [-0.2, -0.15) is 0 Å². The Balaban J connectivity index is 4.53. The summed E-state index contributed by atoms with van der Waals surface area (Å²) in [6.07, 6.45) is 0. The molecule has 0 unspecified atom stereocenters. The first-order chi connectivity index (χ1) is 4.83. The Labute approximate surface area is 70.9 Å². The van der Waals surface area contributed by atoms with E-state index in [2.05, 4.69) is 13.7 Å². The maximum Gasteiger partial charge on any atom is 0.370 e. The van der Waals surface area contributed by atoms with Gasteiger partial charge in [-0.25, -0.2) is 0 Å². The molecule has 0 aliphatic heterocycles. The second kappa shape index (κ2) is 3.64. The number of hydrogen-bond acceptors (Lipinski definition) is 4. The van der Waals surface area contributed by atoms with Crippen LogP contribution in [0.5, 0.6) is 0 Å². The lowest BCUT2D eigenvalue weighted by molar-refractivity contribution is 0.379. The van der Waals surface area contributed by atoms with Gasteiger partial charge in [0.25, 0.3) is 0 Å². The van der Waals surface area contributed by atoms with Gasteiger partial charge in [-0.1, -0.05) is 0 Å². The molecule has 0 amide bonds. The van der Waals surface area contributed by atoms with E-state index in [0.717, 1.165) is 0 Å². The van der Waals surface area contributed by atoms with Crippen LogP contribution in [0.3, 0.4) is 0 Å². The van der Waals surface area contributed by atoms with Crippen molar-refractivity contribution in [1.29, 1.82) is 0 Å². The molecule has 0 atom stereocenters. The SMILES string of the molecule is CN(C)[Si](N)(N(C)C)N(C)C. The minimum atomic E-state index is -1.98. The first-order valence-electron chi connectivity index (χ1n) is 3.64. The van der Waals surface area contributed by atoms with E-state index < -0.39 is 8.72 Å². The van der Waals surface area contributed by atoms with Gasteiger partial charge in [0, 0.05) is 0 Å². The molecular formula is C6H20N4Si. The summed E-state index contributed by atoms with van der Waals surface area (Å²) in [6, 6.07) is 0. The van der Waals surface area contributed by atoms with Crippen LogP contribution in [-0.4, -0.2) is 64.7 Å². The average molecular weight is 176 g/mol. The number of nitrogens with two attached hydrogens (primary N) is 1. The summed E-state index contributed by atoms with van der Waals surface area (Å²) in [7, 11) is 10.1. The van der Waals surface area contributed by atoms with Gasteiger partial charge in [0.1, 0.15) is 0 Å². The van der Waals surface area contributed by atoms with Crippen molar-refractivity contribution in [2.45, 2.75) is 0 Å². The van der Waals surface area contributed by atoms with E-state index in [1.54, 1.807) is 0 Å². The third-order valence-corrected chi connectivity index (χ3v) is 5.92. The first-order valence-corrected chi connectivity index (χ1v) is 5.56. The van der Waals surface area contributed by atoms with Gasteiger partial charge in [-0.05, 0) is 42.3 Å². The van der Waals surface area contributed by atoms with Gasteiger partial charge in [0.15, 0.2) is 0 Å². The van der Waals surface area contributed by atoms with Gasteiger partial charge in [-0.3, -0.25) is 13.7 Å². The first kappa shape index (κ1) is 11.1. The van der Waals surface area contributed by atoms with E-state index in [-0.39, 0.29) is 0 Å². The van der Waals surface area contributed by atoms with Crippen LogP contribution in [0.1, 0.15) is 0 Å². The van der Waals surface area contributed by atoms with Crippen molar-refractivity contribution in [3.05, 3.63) is 0 Å². The lowest BCUT2D eigenvalue weighted by Crippen LogP contribution is -2.76. The average Bonchev–Trinajstić information content (AvgIpc) is 1.84. The molecule has 4 nitrogen and oxygen atoms in total. The lowest BCUT2D eigenvalue weighted by atomic mass is 11.2. The molecule has 0 heterocycles. The second-order valence-corrected chi connectivity index (χ2v) is 7.43. The van der Waals surface area contributed by atoms with Crippen molar-refractivity contribution >= 4 is 8.72 Å². The van der Waals surface area contributed by atoms with Gasteiger partial charge in [-0.15, -0.1) is 0 Å². The molecule has 0 aromatic carbocycles. The maximum atomic E-state index is 6.24. The summed E-state index contributed by atoms with van der Waals surface area (Å²) in [5, 5.41) is 6.24. The fraction of sp³-hybridized carbons (Fsp3) is 1.00. The fourth-order valence-electron chi connectivity index (χ4n) is 1.20. The van der Waals surface area contributed by atoms with Gasteiger partial charge >= 0.3 is 8.72 Å². The van der Waals surface area contributed by atoms with Crippen LogP contribution in [0.4, 0.5) is 0 Å². The molecule has 2 N–H and O–H groups in total. The van der Waals surface area contributed by atoms with Crippen LogP contribution in [0.25, 0.3) is 0 Å². The molecule has 0 radical (unpaired) electrons. The quantitative estimate of drug-likeness (QED) is 0.563. The van der Waals surface area contributed by atoms with Crippen LogP contribution in [-0.2, 0) is 0 Å². The third kappa shape index (κ3) is 2.00. The highest BCUT2D eigenvalue weighted by atomic mass is 28.4. The van der Waals surface area contributed by atoms with Gasteiger partial charge < -0.3 is 5.40 Å². The summed E-state index contributed by atoms with van der Waals surface area (Å²) < 4.78 is 6.31. The number of rotatable bonds is 3. The zero-order chi connectivity index (χ0) is 9.23. The van der Waals surface area contributed by atoms with Gasteiger partial charge in [0.05, 0.1) is 0 Å². The van der Waals surface area contributed by atoms with Crippen molar-refractivity contribution in [3.8, 4) is 0 Å². The van der Waals surface area contributed by atoms with E-state index in [1.807, 2.05) is 42.3 Å². The third-order valence-electron chi connectivity index (χ3n) is 1.97. The number of nitrogens with zero attached hydrogens (tertiary/aromatic N) is 3. The molecule has 0 aliphatic rings. The van der Waals surface area contributed by atoms with E-state index >= 15 is 0 Å². The molecule has 0 bridgehead atoms. The van der Waals surface area contributed by atoms with Crippen LogP contribution < -0.4 is 5.40 Å². The standard InChI is InChI=1S/C6H20N4Si/c1-8(2)11(7,9(3)4)10(5)6/h7H2,1-6H3. The van der Waals surface area contributed by atoms with E-state index in [0.29, 0.717) is 0 Å². The molecule has 0 aromatic heterocycles. The molecular weight excluding hydrogens is 156 g/mol. The predicted octanol–water partition coefficient (Wildman–Crippen LogP) is -0.934. The topological polar surface area (TPSA) is 35.7 Å². The Bertz CT molecular complexity index is 102. The van der Waals surface area contributed by atoms with Crippen LogP contribution in [0, 0.1) is 0 Å². The second-order valence-electron chi connectivity index (χ2n) is 3.37. The molecule has 0 saturated carbocycles. The van der Waals surface area contributed by atoms with Crippen molar-refractivity contribution in [1.82, 2.24) is 13.7 Å². The van der Waals surface area contributed by atoms with E-state index in [1.165, 1.54) is 0 Å². The Morgan fingerprint density at radius 3 is 0.909 bits per heavy atom. The van der Waals surface area contributed by atoms with Crippen LogP contribution in [0.15, 0.2) is 0 Å². The molecule has 0 rings (SSSR count). The Hall–Kier alpha value is 0.0569. The molecule has 0 fully saturated rings. The summed E-state index contributed by atoms with van der Waals surface area (Å²) in [6.45, 7) is 0. The largest absolute Gasteiger partial charge is 0.370 e. The van der Waals surface area contributed by atoms with Crippen molar-refractivity contribution in [2.24, 2.45) is 5.40 Å². The fourth-order valence-corrected chi connectivity index (χ4v) is 3.60. The highest BCUT2D eigenvalue weighted by Gasteiger charge is 2.38. The zero-order valence-electron chi connectivity index (χ0n) is 8.42. The summed E-state index contributed by atoms with van der Waals surface area (Å²) in [5.41, 5.74) is 0. The molecule has 5 heteroatoms. The monoisotopic (exact) mass is 176 g/mol.